The number of nitro groups is 1. The van der Waals surface area contributed by atoms with Crippen LogP contribution >= 0.6 is 0 Å². The van der Waals surface area contributed by atoms with Crippen molar-refractivity contribution >= 4 is 15.7 Å². The van der Waals surface area contributed by atoms with E-state index in [1.807, 2.05) is 0 Å². The molecule has 1 rings (SSSR count). The van der Waals surface area contributed by atoms with Gasteiger partial charge in [0.15, 0.2) is 0 Å². The first-order valence-electron chi connectivity index (χ1n) is 2.81. The van der Waals surface area contributed by atoms with Crippen LogP contribution in [-0.4, -0.2) is 28.8 Å². The van der Waals surface area contributed by atoms with Gasteiger partial charge >= 0.3 is 5.69 Å². The summed E-state index contributed by atoms with van der Waals surface area (Å²) in [6.45, 7) is 0. The van der Waals surface area contributed by atoms with Crippen LogP contribution in [0.3, 0.4) is 0 Å². The van der Waals surface area contributed by atoms with Gasteiger partial charge < -0.3 is 0 Å². The van der Waals surface area contributed by atoms with E-state index in [0.29, 0.717) is 4.09 Å². The predicted octanol–water partition coefficient (Wildman–Crippen LogP) is -0.401. The molecule has 7 nitrogen and oxygen atoms in total. The SMILES string of the molecule is CS(=O)(=O)n1cc([N+](=O)[O-])cn1. The summed E-state index contributed by atoms with van der Waals surface area (Å²) in [6, 6.07) is 0. The van der Waals surface area contributed by atoms with Gasteiger partial charge in [0.05, 0.1) is 11.2 Å². The Morgan fingerprint density at radius 3 is 2.50 bits per heavy atom. The van der Waals surface area contributed by atoms with Crippen molar-refractivity contribution in [1.29, 1.82) is 0 Å². The van der Waals surface area contributed by atoms with Gasteiger partial charge in [-0.05, 0) is 0 Å². The highest BCUT2D eigenvalue weighted by atomic mass is 32.2. The zero-order valence-electron chi connectivity index (χ0n) is 6.04. The maximum absolute atomic E-state index is 10.7. The summed E-state index contributed by atoms with van der Waals surface area (Å²) in [7, 11) is -3.51. The first-order chi connectivity index (χ1) is 5.41. The molecule has 0 aliphatic rings. The number of nitrogens with zero attached hydrogens (tertiary/aromatic N) is 3. The highest BCUT2D eigenvalue weighted by molar-refractivity contribution is 7.89. The van der Waals surface area contributed by atoms with Crippen LogP contribution in [0.2, 0.25) is 0 Å². The maximum atomic E-state index is 10.7. The monoisotopic (exact) mass is 191 g/mol. The van der Waals surface area contributed by atoms with Gasteiger partial charge in [0.25, 0.3) is 10.0 Å². The van der Waals surface area contributed by atoms with E-state index in [4.69, 9.17) is 0 Å². The molecule has 1 aromatic heterocycles. The second kappa shape index (κ2) is 2.55. The molecule has 0 aromatic carbocycles. The molecular weight excluding hydrogens is 186 g/mol. The number of aromatic nitrogens is 2. The molecule has 0 spiro atoms. The van der Waals surface area contributed by atoms with Gasteiger partial charge in [-0.3, -0.25) is 10.1 Å². The summed E-state index contributed by atoms with van der Waals surface area (Å²) in [5.74, 6) is 0. The molecule has 1 heterocycles. The molecule has 0 fully saturated rings. The van der Waals surface area contributed by atoms with Crippen molar-refractivity contribution in [2.24, 2.45) is 0 Å². The maximum Gasteiger partial charge on any atom is 0.308 e. The molecule has 0 N–H and O–H groups in total. The van der Waals surface area contributed by atoms with E-state index in [2.05, 4.69) is 5.10 Å². The third-order valence-electron chi connectivity index (χ3n) is 1.10. The van der Waals surface area contributed by atoms with E-state index in [0.717, 1.165) is 18.6 Å². The molecule has 0 unspecified atom stereocenters. The van der Waals surface area contributed by atoms with Gasteiger partial charge in [-0.1, -0.05) is 0 Å². The minimum Gasteiger partial charge on any atom is -0.258 e. The van der Waals surface area contributed by atoms with Crippen LogP contribution in [0.4, 0.5) is 5.69 Å². The van der Waals surface area contributed by atoms with E-state index in [-0.39, 0.29) is 5.69 Å². The quantitative estimate of drug-likeness (QED) is 0.468. The van der Waals surface area contributed by atoms with Gasteiger partial charge in [0, 0.05) is 0 Å². The Labute approximate surface area is 67.8 Å². The predicted molar refractivity (Wildman–Crippen MR) is 39.1 cm³/mol. The number of hydrogen-bond acceptors (Lipinski definition) is 5. The minimum atomic E-state index is -3.51. The van der Waals surface area contributed by atoms with Crippen LogP contribution in [-0.2, 0) is 10.0 Å². The Morgan fingerprint density at radius 2 is 2.25 bits per heavy atom. The molecule has 0 atom stereocenters. The molecule has 0 aliphatic heterocycles. The van der Waals surface area contributed by atoms with E-state index in [1.165, 1.54) is 0 Å². The lowest BCUT2D eigenvalue weighted by Gasteiger charge is -1.91. The molecule has 8 heteroatoms. The second-order valence-corrected chi connectivity index (χ2v) is 3.93. The summed E-state index contributed by atoms with van der Waals surface area (Å²) < 4.78 is 22.0. The molecule has 0 amide bonds. The van der Waals surface area contributed by atoms with Crippen molar-refractivity contribution in [3.63, 3.8) is 0 Å². The summed E-state index contributed by atoms with van der Waals surface area (Å²) >= 11 is 0. The van der Waals surface area contributed by atoms with Crippen molar-refractivity contribution in [3.8, 4) is 0 Å². The molecule has 0 saturated heterocycles. The Hall–Kier alpha value is -1.44. The summed E-state index contributed by atoms with van der Waals surface area (Å²) in [4.78, 5) is 9.39. The molecule has 0 saturated carbocycles. The largest absolute Gasteiger partial charge is 0.308 e. The summed E-state index contributed by atoms with van der Waals surface area (Å²) in [5, 5.41) is 13.4. The van der Waals surface area contributed by atoms with Crippen LogP contribution in [0.25, 0.3) is 0 Å². The highest BCUT2D eigenvalue weighted by Gasteiger charge is 2.13. The average Bonchev–Trinajstić information content (AvgIpc) is 2.30. The number of rotatable bonds is 2. The minimum absolute atomic E-state index is 0.347. The van der Waals surface area contributed by atoms with Gasteiger partial charge in [-0.25, -0.2) is 8.42 Å². The fourth-order valence-electron chi connectivity index (χ4n) is 0.572. The molecule has 1 aromatic rings. The van der Waals surface area contributed by atoms with Crippen LogP contribution in [0.1, 0.15) is 0 Å². The van der Waals surface area contributed by atoms with Gasteiger partial charge in [-0.15, -0.1) is 0 Å². The topological polar surface area (TPSA) is 95.1 Å². The lowest BCUT2D eigenvalue weighted by atomic mass is 10.6. The smallest absolute Gasteiger partial charge is 0.258 e. The van der Waals surface area contributed by atoms with Crippen LogP contribution in [0.5, 0.6) is 0 Å². The Morgan fingerprint density at radius 1 is 1.67 bits per heavy atom. The molecular formula is C4H5N3O4S. The van der Waals surface area contributed by atoms with Crippen molar-refractivity contribution in [2.75, 3.05) is 6.26 Å². The van der Waals surface area contributed by atoms with Gasteiger partial charge in [0.2, 0.25) is 0 Å². The molecule has 66 valence electrons. The zero-order chi connectivity index (χ0) is 9.35. The Bertz CT molecular complexity index is 406. The third-order valence-corrected chi connectivity index (χ3v) is 1.98. The lowest BCUT2D eigenvalue weighted by molar-refractivity contribution is -0.384. The first-order valence-corrected chi connectivity index (χ1v) is 4.65. The van der Waals surface area contributed by atoms with Crippen LogP contribution < -0.4 is 0 Å². The average molecular weight is 191 g/mol. The standard InChI is InChI=1S/C4H5N3O4S/c1-12(10,11)6-3-4(2-5-6)7(8)9/h2-3H,1H3. The van der Waals surface area contributed by atoms with E-state index < -0.39 is 14.9 Å². The van der Waals surface area contributed by atoms with E-state index in [1.54, 1.807) is 0 Å². The molecule has 0 radical (unpaired) electrons. The Balaban J connectivity index is 3.17. The fourth-order valence-corrected chi connectivity index (χ4v) is 1.09. The molecule has 0 aliphatic carbocycles. The second-order valence-electron chi connectivity index (χ2n) is 2.09. The van der Waals surface area contributed by atoms with Crippen LogP contribution in [0.15, 0.2) is 12.4 Å². The van der Waals surface area contributed by atoms with E-state index in [9.17, 15) is 18.5 Å². The van der Waals surface area contributed by atoms with Crippen molar-refractivity contribution in [2.45, 2.75) is 0 Å². The van der Waals surface area contributed by atoms with Gasteiger partial charge in [0.1, 0.15) is 12.4 Å². The van der Waals surface area contributed by atoms with Crippen molar-refractivity contribution < 1.29 is 13.3 Å². The molecule has 0 bridgehead atoms. The van der Waals surface area contributed by atoms with Crippen molar-refractivity contribution in [1.82, 2.24) is 9.19 Å². The first kappa shape index (κ1) is 8.65. The van der Waals surface area contributed by atoms with Crippen LogP contribution in [0, 0.1) is 10.1 Å². The normalized spacial score (nSPS) is 11.4. The fraction of sp³-hybridized carbons (Fsp3) is 0.250. The summed E-state index contributed by atoms with van der Waals surface area (Å²) in [6.07, 6.45) is 2.63. The Kier molecular flexibility index (Phi) is 1.84. The lowest BCUT2D eigenvalue weighted by Crippen LogP contribution is -2.09. The van der Waals surface area contributed by atoms with Gasteiger partial charge in [-0.2, -0.15) is 9.19 Å². The highest BCUT2D eigenvalue weighted by Crippen LogP contribution is 2.08. The third kappa shape index (κ3) is 1.59. The number of hydrogen-bond donors (Lipinski definition) is 0. The summed E-state index contributed by atoms with van der Waals surface area (Å²) in [5.41, 5.74) is -0.347. The van der Waals surface area contributed by atoms with E-state index >= 15 is 0 Å². The van der Waals surface area contributed by atoms with Crippen molar-refractivity contribution in [3.05, 3.63) is 22.5 Å². The molecule has 12 heavy (non-hydrogen) atoms. The zero-order valence-corrected chi connectivity index (χ0v) is 6.85.